The van der Waals surface area contributed by atoms with Crippen molar-refractivity contribution < 1.29 is 19.4 Å². The van der Waals surface area contributed by atoms with Crippen molar-refractivity contribution in [3.8, 4) is 0 Å². The lowest BCUT2D eigenvalue weighted by Gasteiger charge is -2.28. The summed E-state index contributed by atoms with van der Waals surface area (Å²) in [5.41, 5.74) is 1.30. The molecule has 1 saturated heterocycles. The molecular formula is C16H21NO4. The number of ether oxygens (including phenoxy) is 1. The van der Waals surface area contributed by atoms with E-state index in [0.29, 0.717) is 11.5 Å². The summed E-state index contributed by atoms with van der Waals surface area (Å²) in [6.07, 6.45) is 1.88. The number of hydrogen-bond acceptors (Lipinski definition) is 3. The zero-order chi connectivity index (χ0) is 15.4. The highest BCUT2D eigenvalue weighted by molar-refractivity contribution is 5.97. The second-order valence-electron chi connectivity index (χ2n) is 5.60. The molecule has 1 aromatic carbocycles. The van der Waals surface area contributed by atoms with E-state index in [1.807, 2.05) is 6.92 Å². The standard InChI is InChI=1S/C16H21NO4/c1-10-7-13(9-14(8-10)16(19)20)15(18)17-11(2)12-3-5-21-6-4-12/h7-9,11-12H,3-6H2,1-2H3,(H,17,18)(H,19,20). The van der Waals surface area contributed by atoms with E-state index < -0.39 is 5.97 Å². The number of carboxylic acid groups (broad SMARTS) is 1. The lowest BCUT2D eigenvalue weighted by molar-refractivity contribution is 0.0538. The Balaban J connectivity index is 2.07. The number of hydrogen-bond donors (Lipinski definition) is 2. The fourth-order valence-electron chi connectivity index (χ4n) is 2.66. The summed E-state index contributed by atoms with van der Waals surface area (Å²) >= 11 is 0. The van der Waals surface area contributed by atoms with Gasteiger partial charge in [0, 0.05) is 24.8 Å². The quantitative estimate of drug-likeness (QED) is 0.892. The molecule has 5 nitrogen and oxygen atoms in total. The van der Waals surface area contributed by atoms with Crippen molar-refractivity contribution in [2.75, 3.05) is 13.2 Å². The summed E-state index contributed by atoms with van der Waals surface area (Å²) in [5, 5.41) is 12.0. The van der Waals surface area contributed by atoms with Crippen LogP contribution in [-0.4, -0.2) is 36.2 Å². The third-order valence-corrected chi connectivity index (χ3v) is 3.92. The minimum Gasteiger partial charge on any atom is -0.478 e. The Morgan fingerprint density at radius 1 is 1.24 bits per heavy atom. The van der Waals surface area contributed by atoms with Crippen molar-refractivity contribution in [2.45, 2.75) is 32.7 Å². The minimum atomic E-state index is -1.02. The number of carbonyl (C=O) groups excluding carboxylic acids is 1. The molecule has 1 unspecified atom stereocenters. The maximum absolute atomic E-state index is 12.3. The molecule has 0 saturated carbocycles. The van der Waals surface area contributed by atoms with Crippen LogP contribution in [0.1, 0.15) is 46.0 Å². The van der Waals surface area contributed by atoms with Gasteiger partial charge in [0.2, 0.25) is 0 Å². The molecule has 1 atom stereocenters. The Kier molecular flexibility index (Phi) is 4.96. The van der Waals surface area contributed by atoms with Crippen LogP contribution < -0.4 is 5.32 Å². The number of nitrogens with one attached hydrogen (secondary N) is 1. The summed E-state index contributed by atoms with van der Waals surface area (Å²) in [5.74, 6) is -0.836. The number of aryl methyl sites for hydroxylation is 1. The maximum Gasteiger partial charge on any atom is 0.335 e. The van der Waals surface area contributed by atoms with E-state index in [2.05, 4.69) is 5.32 Å². The van der Waals surface area contributed by atoms with Crippen molar-refractivity contribution >= 4 is 11.9 Å². The molecular weight excluding hydrogens is 270 g/mol. The average Bonchev–Trinajstić information content (AvgIpc) is 2.47. The van der Waals surface area contributed by atoms with Crippen LogP contribution in [0.3, 0.4) is 0 Å². The highest BCUT2D eigenvalue weighted by Crippen LogP contribution is 2.19. The van der Waals surface area contributed by atoms with Gasteiger partial charge in [0.15, 0.2) is 0 Å². The van der Waals surface area contributed by atoms with Gasteiger partial charge < -0.3 is 15.2 Å². The number of carbonyl (C=O) groups is 2. The summed E-state index contributed by atoms with van der Waals surface area (Å²) in [4.78, 5) is 23.3. The normalized spacial score (nSPS) is 17.2. The molecule has 1 aliphatic heterocycles. The largest absolute Gasteiger partial charge is 0.478 e. The average molecular weight is 291 g/mol. The van der Waals surface area contributed by atoms with Crippen molar-refractivity contribution in [1.29, 1.82) is 0 Å². The fourth-order valence-corrected chi connectivity index (χ4v) is 2.66. The highest BCUT2D eigenvalue weighted by atomic mass is 16.5. The molecule has 114 valence electrons. The summed E-state index contributed by atoms with van der Waals surface area (Å²) < 4.78 is 5.32. The highest BCUT2D eigenvalue weighted by Gasteiger charge is 2.22. The van der Waals surface area contributed by atoms with E-state index in [-0.39, 0.29) is 17.5 Å². The molecule has 0 radical (unpaired) electrons. The zero-order valence-corrected chi connectivity index (χ0v) is 12.4. The Morgan fingerprint density at radius 3 is 2.48 bits per heavy atom. The number of aromatic carboxylic acids is 1. The molecule has 1 aliphatic rings. The molecule has 1 heterocycles. The predicted octanol–water partition coefficient (Wildman–Crippen LogP) is 2.24. The summed E-state index contributed by atoms with van der Waals surface area (Å²) in [7, 11) is 0. The zero-order valence-electron chi connectivity index (χ0n) is 12.4. The molecule has 0 aromatic heterocycles. The molecule has 21 heavy (non-hydrogen) atoms. The van der Waals surface area contributed by atoms with Gasteiger partial charge in [-0.25, -0.2) is 4.79 Å². The lowest BCUT2D eigenvalue weighted by atomic mass is 9.92. The van der Waals surface area contributed by atoms with Crippen molar-refractivity contribution in [3.05, 3.63) is 34.9 Å². The monoisotopic (exact) mass is 291 g/mol. The Morgan fingerprint density at radius 2 is 1.86 bits per heavy atom. The second kappa shape index (κ2) is 6.72. The molecule has 2 rings (SSSR count). The molecule has 0 aliphatic carbocycles. The molecule has 1 amide bonds. The fraction of sp³-hybridized carbons (Fsp3) is 0.500. The number of amides is 1. The first-order valence-electron chi connectivity index (χ1n) is 7.21. The third-order valence-electron chi connectivity index (χ3n) is 3.92. The van der Waals surface area contributed by atoms with Gasteiger partial charge in [-0.05, 0) is 56.4 Å². The Bertz CT molecular complexity index is 535. The first-order valence-corrected chi connectivity index (χ1v) is 7.21. The smallest absolute Gasteiger partial charge is 0.335 e. The summed E-state index contributed by atoms with van der Waals surface area (Å²) in [6, 6.07) is 4.73. The van der Waals surface area contributed by atoms with Crippen LogP contribution in [0, 0.1) is 12.8 Å². The van der Waals surface area contributed by atoms with E-state index in [1.54, 1.807) is 19.1 Å². The first-order chi connectivity index (χ1) is 9.97. The van der Waals surface area contributed by atoms with Gasteiger partial charge in [-0.2, -0.15) is 0 Å². The van der Waals surface area contributed by atoms with Gasteiger partial charge in [0.05, 0.1) is 5.56 Å². The first kappa shape index (κ1) is 15.5. The van der Waals surface area contributed by atoms with Crippen LogP contribution in [0.5, 0.6) is 0 Å². The van der Waals surface area contributed by atoms with Crippen LogP contribution in [0.4, 0.5) is 0 Å². The molecule has 1 fully saturated rings. The van der Waals surface area contributed by atoms with Gasteiger partial charge in [-0.15, -0.1) is 0 Å². The second-order valence-corrected chi connectivity index (χ2v) is 5.60. The van der Waals surface area contributed by atoms with Crippen LogP contribution in [-0.2, 0) is 4.74 Å². The van der Waals surface area contributed by atoms with E-state index in [4.69, 9.17) is 9.84 Å². The van der Waals surface area contributed by atoms with Crippen LogP contribution in [0.15, 0.2) is 18.2 Å². The number of rotatable bonds is 4. The van der Waals surface area contributed by atoms with E-state index in [0.717, 1.165) is 31.6 Å². The molecule has 0 spiro atoms. The van der Waals surface area contributed by atoms with Gasteiger partial charge in [0.25, 0.3) is 5.91 Å². The minimum absolute atomic E-state index is 0.0511. The molecule has 1 aromatic rings. The van der Waals surface area contributed by atoms with Gasteiger partial charge in [-0.3, -0.25) is 4.79 Å². The summed E-state index contributed by atoms with van der Waals surface area (Å²) in [6.45, 7) is 5.24. The van der Waals surface area contributed by atoms with Crippen molar-refractivity contribution in [2.24, 2.45) is 5.92 Å². The lowest BCUT2D eigenvalue weighted by Crippen LogP contribution is -2.40. The van der Waals surface area contributed by atoms with Crippen LogP contribution in [0.2, 0.25) is 0 Å². The van der Waals surface area contributed by atoms with E-state index >= 15 is 0 Å². The van der Waals surface area contributed by atoms with Crippen LogP contribution in [0.25, 0.3) is 0 Å². The van der Waals surface area contributed by atoms with Gasteiger partial charge in [0.1, 0.15) is 0 Å². The van der Waals surface area contributed by atoms with E-state index in [9.17, 15) is 9.59 Å². The molecule has 0 bridgehead atoms. The predicted molar refractivity (Wildman–Crippen MR) is 78.6 cm³/mol. The van der Waals surface area contributed by atoms with Crippen molar-refractivity contribution in [1.82, 2.24) is 5.32 Å². The Hall–Kier alpha value is -1.88. The topological polar surface area (TPSA) is 75.6 Å². The van der Waals surface area contributed by atoms with Gasteiger partial charge >= 0.3 is 5.97 Å². The Labute approximate surface area is 124 Å². The maximum atomic E-state index is 12.3. The van der Waals surface area contributed by atoms with Gasteiger partial charge in [-0.1, -0.05) is 0 Å². The SMILES string of the molecule is Cc1cc(C(=O)O)cc(C(=O)NC(C)C2CCOCC2)c1. The molecule has 5 heteroatoms. The van der Waals surface area contributed by atoms with Crippen molar-refractivity contribution in [3.63, 3.8) is 0 Å². The molecule has 2 N–H and O–H groups in total. The van der Waals surface area contributed by atoms with Crippen LogP contribution >= 0.6 is 0 Å². The van der Waals surface area contributed by atoms with E-state index in [1.165, 1.54) is 6.07 Å². The number of carboxylic acids is 1. The number of benzene rings is 1. The third kappa shape index (κ3) is 4.04.